The van der Waals surface area contributed by atoms with Crippen molar-refractivity contribution in [2.45, 2.75) is 32.2 Å². The summed E-state index contributed by atoms with van der Waals surface area (Å²) < 4.78 is 2.09. The summed E-state index contributed by atoms with van der Waals surface area (Å²) in [4.78, 5) is 7.11. The van der Waals surface area contributed by atoms with Gasteiger partial charge in [-0.2, -0.15) is 5.10 Å². The quantitative estimate of drug-likeness (QED) is 0.751. The van der Waals surface area contributed by atoms with Crippen LogP contribution in [0.2, 0.25) is 5.02 Å². The first-order valence-corrected chi connectivity index (χ1v) is 9.49. The van der Waals surface area contributed by atoms with Gasteiger partial charge in [0.25, 0.3) is 0 Å². The van der Waals surface area contributed by atoms with E-state index in [0.717, 1.165) is 60.3 Å². The van der Waals surface area contributed by atoms with Crippen LogP contribution in [0.3, 0.4) is 0 Å². The second-order valence-corrected chi connectivity index (χ2v) is 7.54. The van der Waals surface area contributed by atoms with Crippen LogP contribution < -0.4 is 0 Å². The van der Waals surface area contributed by atoms with Crippen molar-refractivity contribution in [2.75, 3.05) is 13.1 Å². The highest BCUT2D eigenvalue weighted by atomic mass is 35.5. The van der Waals surface area contributed by atoms with Crippen molar-refractivity contribution >= 4 is 11.6 Å². The monoisotopic (exact) mass is 369 g/mol. The van der Waals surface area contributed by atoms with Crippen LogP contribution in [0.1, 0.15) is 36.0 Å². The van der Waals surface area contributed by atoms with Crippen LogP contribution in [-0.2, 0) is 13.6 Å². The van der Waals surface area contributed by atoms with E-state index in [1.54, 1.807) is 0 Å². The standard InChI is InChI=1S/C20H24ClN5/c1-14-22-16(12-25(14)2)13-26-9-7-15(8-10-26)19-11-20(24-23-19)17-5-3-4-6-18(17)21/h3-6,11-12,15H,7-10,13H2,1-2H3,(H,23,24). The number of nitrogens with one attached hydrogen (secondary N) is 1. The Morgan fingerprint density at radius 3 is 2.69 bits per heavy atom. The lowest BCUT2D eigenvalue weighted by atomic mass is 9.93. The maximum Gasteiger partial charge on any atom is 0.105 e. The summed E-state index contributed by atoms with van der Waals surface area (Å²) in [6.07, 6.45) is 4.40. The number of aromatic amines is 1. The van der Waals surface area contributed by atoms with Gasteiger partial charge in [0, 0.05) is 37.0 Å². The number of likely N-dealkylation sites (tertiary alicyclic amines) is 1. The number of imidazole rings is 1. The van der Waals surface area contributed by atoms with Gasteiger partial charge in [-0.3, -0.25) is 10.00 Å². The molecule has 2 aromatic heterocycles. The molecule has 1 aliphatic rings. The summed E-state index contributed by atoms with van der Waals surface area (Å²) in [6, 6.07) is 10.0. The Hall–Kier alpha value is -2.11. The highest BCUT2D eigenvalue weighted by Crippen LogP contribution is 2.32. The summed E-state index contributed by atoms with van der Waals surface area (Å²) >= 11 is 6.29. The highest BCUT2D eigenvalue weighted by molar-refractivity contribution is 6.33. The number of aryl methyl sites for hydroxylation is 2. The van der Waals surface area contributed by atoms with E-state index >= 15 is 0 Å². The van der Waals surface area contributed by atoms with Crippen LogP contribution >= 0.6 is 11.6 Å². The molecule has 0 atom stereocenters. The third kappa shape index (κ3) is 3.55. The van der Waals surface area contributed by atoms with Crippen molar-refractivity contribution in [3.63, 3.8) is 0 Å². The molecule has 26 heavy (non-hydrogen) atoms. The molecule has 5 nitrogen and oxygen atoms in total. The van der Waals surface area contributed by atoms with Crippen LogP contribution in [0, 0.1) is 6.92 Å². The highest BCUT2D eigenvalue weighted by Gasteiger charge is 2.23. The molecule has 136 valence electrons. The fourth-order valence-corrected chi connectivity index (χ4v) is 3.93. The molecule has 0 amide bonds. The van der Waals surface area contributed by atoms with E-state index in [0.29, 0.717) is 5.92 Å². The summed E-state index contributed by atoms with van der Waals surface area (Å²) in [6.45, 7) is 5.15. The summed E-state index contributed by atoms with van der Waals surface area (Å²) in [5, 5.41) is 8.46. The van der Waals surface area contributed by atoms with Gasteiger partial charge in [-0.1, -0.05) is 29.8 Å². The van der Waals surface area contributed by atoms with E-state index in [1.807, 2.05) is 38.2 Å². The van der Waals surface area contributed by atoms with E-state index in [2.05, 4.69) is 36.9 Å². The van der Waals surface area contributed by atoms with Gasteiger partial charge in [0.2, 0.25) is 0 Å². The second-order valence-electron chi connectivity index (χ2n) is 7.13. The van der Waals surface area contributed by atoms with Crippen LogP contribution in [0.25, 0.3) is 11.3 Å². The van der Waals surface area contributed by atoms with Gasteiger partial charge in [-0.25, -0.2) is 4.98 Å². The Morgan fingerprint density at radius 2 is 2.00 bits per heavy atom. The maximum atomic E-state index is 6.29. The number of hydrogen-bond donors (Lipinski definition) is 1. The third-order valence-electron chi connectivity index (χ3n) is 5.32. The molecule has 0 saturated carbocycles. The van der Waals surface area contributed by atoms with Gasteiger partial charge in [-0.15, -0.1) is 0 Å². The van der Waals surface area contributed by atoms with E-state index in [9.17, 15) is 0 Å². The molecule has 3 heterocycles. The van der Waals surface area contributed by atoms with Crippen molar-refractivity contribution in [1.82, 2.24) is 24.6 Å². The minimum atomic E-state index is 0.528. The number of halogens is 1. The zero-order valence-electron chi connectivity index (χ0n) is 15.2. The number of aromatic nitrogens is 4. The number of benzene rings is 1. The molecule has 3 aromatic rings. The number of H-pyrrole nitrogens is 1. The first-order valence-electron chi connectivity index (χ1n) is 9.11. The predicted molar refractivity (Wildman–Crippen MR) is 104 cm³/mol. The average molecular weight is 370 g/mol. The predicted octanol–water partition coefficient (Wildman–Crippen LogP) is 4.15. The van der Waals surface area contributed by atoms with Crippen LogP contribution in [0.5, 0.6) is 0 Å². The number of rotatable bonds is 4. The van der Waals surface area contributed by atoms with Crippen molar-refractivity contribution in [2.24, 2.45) is 7.05 Å². The Labute approximate surface area is 159 Å². The van der Waals surface area contributed by atoms with Gasteiger partial charge in [0.05, 0.1) is 16.4 Å². The summed E-state index contributed by atoms with van der Waals surface area (Å²) in [5.74, 6) is 1.60. The van der Waals surface area contributed by atoms with Gasteiger partial charge in [0.15, 0.2) is 0 Å². The molecular weight excluding hydrogens is 346 g/mol. The van der Waals surface area contributed by atoms with E-state index in [4.69, 9.17) is 11.6 Å². The van der Waals surface area contributed by atoms with Crippen LogP contribution in [-0.4, -0.2) is 37.7 Å². The molecule has 1 saturated heterocycles. The lowest BCUT2D eigenvalue weighted by Gasteiger charge is -2.30. The molecule has 0 spiro atoms. The van der Waals surface area contributed by atoms with Gasteiger partial charge in [0.1, 0.15) is 5.82 Å². The Morgan fingerprint density at radius 1 is 1.23 bits per heavy atom. The second kappa shape index (κ2) is 7.25. The molecule has 0 bridgehead atoms. The molecule has 6 heteroatoms. The minimum absolute atomic E-state index is 0.528. The van der Waals surface area contributed by atoms with Crippen molar-refractivity contribution < 1.29 is 0 Å². The largest absolute Gasteiger partial charge is 0.338 e. The van der Waals surface area contributed by atoms with Crippen molar-refractivity contribution in [3.8, 4) is 11.3 Å². The van der Waals surface area contributed by atoms with Gasteiger partial charge in [-0.05, 0) is 45.0 Å². The fraction of sp³-hybridized carbons (Fsp3) is 0.400. The zero-order chi connectivity index (χ0) is 18.1. The molecule has 0 unspecified atom stereocenters. The van der Waals surface area contributed by atoms with Crippen molar-refractivity contribution in [3.05, 3.63) is 58.8 Å². The molecule has 4 rings (SSSR count). The Balaban J connectivity index is 1.38. The first kappa shape index (κ1) is 17.3. The van der Waals surface area contributed by atoms with E-state index in [-0.39, 0.29) is 0 Å². The molecule has 1 aliphatic heterocycles. The zero-order valence-corrected chi connectivity index (χ0v) is 16.0. The lowest BCUT2D eigenvalue weighted by Crippen LogP contribution is -2.32. The molecular formula is C20H24ClN5. The third-order valence-corrected chi connectivity index (χ3v) is 5.65. The number of hydrogen-bond acceptors (Lipinski definition) is 3. The topological polar surface area (TPSA) is 49.7 Å². The van der Waals surface area contributed by atoms with E-state index in [1.165, 1.54) is 5.69 Å². The van der Waals surface area contributed by atoms with Gasteiger partial charge >= 0.3 is 0 Å². The lowest BCUT2D eigenvalue weighted by molar-refractivity contribution is 0.201. The number of piperidine rings is 1. The molecule has 1 N–H and O–H groups in total. The first-order chi connectivity index (χ1) is 12.6. The molecule has 1 fully saturated rings. The fourth-order valence-electron chi connectivity index (χ4n) is 3.69. The molecule has 0 aliphatic carbocycles. The summed E-state index contributed by atoms with van der Waals surface area (Å²) in [7, 11) is 2.05. The smallest absolute Gasteiger partial charge is 0.105 e. The molecule has 1 aromatic carbocycles. The normalized spacial score (nSPS) is 16.3. The van der Waals surface area contributed by atoms with Gasteiger partial charge < -0.3 is 4.57 Å². The van der Waals surface area contributed by atoms with Crippen LogP contribution in [0.4, 0.5) is 0 Å². The molecule has 0 radical (unpaired) electrons. The minimum Gasteiger partial charge on any atom is -0.338 e. The van der Waals surface area contributed by atoms with Crippen molar-refractivity contribution in [1.29, 1.82) is 0 Å². The van der Waals surface area contributed by atoms with E-state index < -0.39 is 0 Å². The maximum absolute atomic E-state index is 6.29. The Kier molecular flexibility index (Phi) is 4.83. The Bertz CT molecular complexity index is 870. The van der Waals surface area contributed by atoms with Crippen LogP contribution in [0.15, 0.2) is 36.5 Å². The average Bonchev–Trinajstić information content (AvgIpc) is 3.23. The number of nitrogens with zero attached hydrogens (tertiary/aromatic N) is 4. The SMILES string of the molecule is Cc1nc(CN2CCC(c3cc(-c4ccccc4Cl)n[nH]3)CC2)cn1C. The summed E-state index contributed by atoms with van der Waals surface area (Å²) in [5.41, 5.74) is 4.29.